The van der Waals surface area contributed by atoms with Crippen LogP contribution < -0.4 is 10.5 Å². The van der Waals surface area contributed by atoms with Crippen molar-refractivity contribution in [1.29, 1.82) is 0 Å². The lowest BCUT2D eigenvalue weighted by molar-refractivity contribution is -0.137. The number of nitrogens with two attached hydrogens (primary N) is 1. The lowest BCUT2D eigenvalue weighted by Gasteiger charge is -2.21. The molecule has 2 N–H and O–H groups in total. The number of oxazole rings is 1. The molecule has 4 aromatic rings. The molecule has 15 heteroatoms. The molecule has 4 rings (SSSR count). The van der Waals surface area contributed by atoms with Crippen LogP contribution in [0.4, 0.5) is 26.7 Å². The Morgan fingerprint density at radius 2 is 1.74 bits per heavy atom. The zero-order valence-electron chi connectivity index (χ0n) is 21.5. The average molecular weight is 655 g/mol. The van der Waals surface area contributed by atoms with Crippen LogP contribution in [-0.4, -0.2) is 40.5 Å². The van der Waals surface area contributed by atoms with Crippen LogP contribution >= 0.6 is 15.9 Å². The van der Waals surface area contributed by atoms with Gasteiger partial charge in [0.1, 0.15) is 23.7 Å². The molecule has 9 nitrogen and oxygen atoms in total. The van der Waals surface area contributed by atoms with E-state index in [0.29, 0.717) is 0 Å². The maximum atomic E-state index is 15.0. The number of hydrogen-bond acceptors (Lipinski definition) is 7. The number of amides is 2. The number of rotatable bonds is 9. The molecule has 0 bridgehead atoms. The molecule has 0 radical (unpaired) electrons. The molecule has 2 amide bonds. The highest BCUT2D eigenvalue weighted by Crippen LogP contribution is 2.36. The largest absolute Gasteiger partial charge is 0.474 e. The van der Waals surface area contributed by atoms with Crippen LogP contribution in [0.15, 0.2) is 70.0 Å². The number of halogens is 6. The number of primary amides is 1. The third-order valence-corrected chi connectivity index (χ3v) is 6.31. The molecule has 2 aromatic heterocycles. The lowest BCUT2D eigenvalue weighted by atomic mass is 10.1. The fourth-order valence-electron chi connectivity index (χ4n) is 3.69. The van der Waals surface area contributed by atoms with E-state index in [1.807, 2.05) is 0 Å². The van der Waals surface area contributed by atoms with Gasteiger partial charge in [-0.25, -0.2) is 18.6 Å². The first-order valence-electron chi connectivity index (χ1n) is 11.9. The minimum atomic E-state index is -4.55. The van der Waals surface area contributed by atoms with E-state index in [-0.39, 0.29) is 28.4 Å². The maximum absolute atomic E-state index is 15.0. The molecule has 0 aliphatic heterocycles. The van der Waals surface area contributed by atoms with Crippen LogP contribution in [0, 0.1) is 11.6 Å². The molecule has 0 saturated carbocycles. The summed E-state index contributed by atoms with van der Waals surface area (Å²) in [5.41, 5.74) is 4.18. The maximum Gasteiger partial charge on any atom is 0.416 e. The predicted octanol–water partition coefficient (Wildman–Crippen LogP) is 6.28. The molecule has 2 heterocycles. The van der Waals surface area contributed by atoms with Gasteiger partial charge in [-0.15, -0.1) is 0 Å². The van der Waals surface area contributed by atoms with Gasteiger partial charge >= 0.3 is 12.3 Å². The number of aromatic nitrogens is 2. The van der Waals surface area contributed by atoms with E-state index >= 15 is 0 Å². The van der Waals surface area contributed by atoms with Gasteiger partial charge in [-0.3, -0.25) is 9.78 Å². The smallest absolute Gasteiger partial charge is 0.416 e. The number of ether oxygens (including phenoxy) is 2. The van der Waals surface area contributed by atoms with E-state index < -0.39 is 59.4 Å². The molecule has 0 aliphatic carbocycles. The summed E-state index contributed by atoms with van der Waals surface area (Å²) in [5, 5.41) is 0. The summed E-state index contributed by atoms with van der Waals surface area (Å²) in [4.78, 5) is 33.7. The Balaban J connectivity index is 1.62. The van der Waals surface area contributed by atoms with E-state index in [2.05, 4.69) is 25.9 Å². The first kappa shape index (κ1) is 30.4. The Labute approximate surface area is 243 Å². The van der Waals surface area contributed by atoms with Gasteiger partial charge in [0.2, 0.25) is 12.0 Å². The summed E-state index contributed by atoms with van der Waals surface area (Å²) in [6, 6.07) is 9.05. The van der Waals surface area contributed by atoms with Gasteiger partial charge in [-0.05, 0) is 57.9 Å². The summed E-state index contributed by atoms with van der Waals surface area (Å²) >= 11 is 3.15. The summed E-state index contributed by atoms with van der Waals surface area (Å²) in [6.07, 6.45) is -3.74. The molecule has 1 atom stereocenters. The van der Waals surface area contributed by atoms with Crippen molar-refractivity contribution in [1.82, 2.24) is 14.9 Å². The fraction of sp³-hybridized carbons (Fsp3) is 0.185. The molecule has 220 valence electrons. The highest BCUT2D eigenvalue weighted by atomic mass is 79.9. The normalized spacial score (nSPS) is 12.1. The molecule has 1 unspecified atom stereocenters. The minimum absolute atomic E-state index is 0.0237. The summed E-state index contributed by atoms with van der Waals surface area (Å²) in [6.45, 7) is -0.453. The predicted molar refractivity (Wildman–Crippen MR) is 140 cm³/mol. The van der Waals surface area contributed by atoms with Gasteiger partial charge in [-0.1, -0.05) is 12.1 Å². The zero-order valence-corrected chi connectivity index (χ0v) is 23.1. The van der Waals surface area contributed by atoms with Crippen molar-refractivity contribution in [2.24, 2.45) is 5.73 Å². The summed E-state index contributed by atoms with van der Waals surface area (Å²) in [5.74, 6) is -4.95. The van der Waals surface area contributed by atoms with E-state index in [1.165, 1.54) is 11.9 Å². The number of carbonyl (C=O) groups is 2. The number of carbonyl (C=O) groups excluding carboxylic acids is 2. The van der Waals surface area contributed by atoms with E-state index in [1.54, 1.807) is 24.5 Å². The monoisotopic (exact) mass is 654 g/mol. The van der Waals surface area contributed by atoms with E-state index in [4.69, 9.17) is 19.6 Å². The second kappa shape index (κ2) is 12.5. The number of hydrogen-bond donors (Lipinski definition) is 1. The van der Waals surface area contributed by atoms with Crippen molar-refractivity contribution >= 4 is 27.9 Å². The lowest BCUT2D eigenvalue weighted by Crippen LogP contribution is -2.29. The van der Waals surface area contributed by atoms with E-state index in [0.717, 1.165) is 42.0 Å². The van der Waals surface area contributed by atoms with Gasteiger partial charge in [0.25, 0.3) is 5.91 Å². The van der Waals surface area contributed by atoms with Gasteiger partial charge < -0.3 is 24.5 Å². The average Bonchev–Trinajstić information content (AvgIpc) is 3.33. The zero-order chi connectivity index (χ0) is 30.6. The van der Waals surface area contributed by atoms with Gasteiger partial charge in [-0.2, -0.15) is 13.2 Å². The Kier molecular flexibility index (Phi) is 9.09. The SMILES string of the molecule is CN(Cc1ccncc1)C(=O)OCC(Oc1ccc(F)c(C(N)=O)c1F)c1nc(-c2ccc(C(F)(F)F)cc2)c(Br)o1. The molecule has 0 aliphatic rings. The molecule has 0 spiro atoms. The number of alkyl halides is 3. The molecule has 42 heavy (non-hydrogen) atoms. The Bertz CT molecular complexity index is 1580. The Morgan fingerprint density at radius 1 is 1.07 bits per heavy atom. The standard InChI is InChI=1S/C27H20BrF5N4O5/c1-37(12-14-8-10-35-11-9-14)26(39)40-13-19(41-18-7-6-17(29)20(21(18)30)24(34)38)25-36-22(23(28)42-25)15-2-4-16(5-3-15)27(31,32)33/h2-11,19H,12-13H2,1H3,(H2,34,38). The number of nitrogens with zero attached hydrogens (tertiary/aromatic N) is 3. The van der Waals surface area contributed by atoms with Crippen LogP contribution in [0.1, 0.15) is 33.5 Å². The minimum Gasteiger partial charge on any atom is -0.474 e. The molecule has 0 saturated heterocycles. The van der Waals surface area contributed by atoms with Crippen molar-refractivity contribution in [3.63, 3.8) is 0 Å². The second-order valence-electron chi connectivity index (χ2n) is 8.74. The number of benzene rings is 2. The van der Waals surface area contributed by atoms with Gasteiger partial charge in [0.15, 0.2) is 16.2 Å². The van der Waals surface area contributed by atoms with Crippen molar-refractivity contribution < 1.29 is 45.4 Å². The van der Waals surface area contributed by atoms with Crippen molar-refractivity contribution in [2.75, 3.05) is 13.7 Å². The quantitative estimate of drug-likeness (QED) is 0.211. The van der Waals surface area contributed by atoms with Crippen molar-refractivity contribution in [3.8, 4) is 17.0 Å². The van der Waals surface area contributed by atoms with Crippen LogP contribution in [0.2, 0.25) is 0 Å². The molecule has 2 aromatic carbocycles. The second-order valence-corrected chi connectivity index (χ2v) is 9.46. The Morgan fingerprint density at radius 3 is 2.36 bits per heavy atom. The Hall–Kier alpha value is -4.53. The van der Waals surface area contributed by atoms with Crippen molar-refractivity contribution in [2.45, 2.75) is 18.8 Å². The fourth-order valence-corrected chi connectivity index (χ4v) is 4.18. The molecular formula is C27H20BrF5N4O5. The summed E-state index contributed by atoms with van der Waals surface area (Å²) in [7, 11) is 1.46. The highest BCUT2D eigenvalue weighted by molar-refractivity contribution is 9.10. The van der Waals surface area contributed by atoms with Crippen molar-refractivity contribution in [3.05, 3.63) is 99.8 Å². The third kappa shape index (κ3) is 7.02. The van der Waals surface area contributed by atoms with Gasteiger partial charge in [0.05, 0.1) is 5.56 Å². The highest BCUT2D eigenvalue weighted by Gasteiger charge is 2.31. The van der Waals surface area contributed by atoms with Crippen LogP contribution in [0.3, 0.4) is 0 Å². The van der Waals surface area contributed by atoms with Gasteiger partial charge in [0, 0.05) is 31.5 Å². The topological polar surface area (TPSA) is 121 Å². The molecular weight excluding hydrogens is 635 g/mol. The first-order valence-corrected chi connectivity index (χ1v) is 12.7. The van der Waals surface area contributed by atoms with Crippen LogP contribution in [-0.2, 0) is 17.5 Å². The number of pyridine rings is 1. The van der Waals surface area contributed by atoms with Crippen LogP contribution in [0.25, 0.3) is 11.3 Å². The van der Waals surface area contributed by atoms with E-state index in [9.17, 15) is 31.5 Å². The third-order valence-electron chi connectivity index (χ3n) is 5.77. The van der Waals surface area contributed by atoms with Crippen LogP contribution in [0.5, 0.6) is 5.75 Å². The summed E-state index contributed by atoms with van der Waals surface area (Å²) < 4.78 is 84.5. The first-order chi connectivity index (χ1) is 19.8. The molecule has 0 fully saturated rings.